The molecule has 0 bridgehead atoms. The number of rotatable bonds is 2. The lowest BCUT2D eigenvalue weighted by atomic mass is 10.1. The predicted octanol–water partition coefficient (Wildman–Crippen LogP) is 1.51. The Kier molecular flexibility index (Phi) is 3.18. The van der Waals surface area contributed by atoms with E-state index in [-0.39, 0.29) is 22.2 Å². The molecule has 100 valence electrons. The number of hydrogen-bond acceptors (Lipinski definition) is 7. The van der Waals surface area contributed by atoms with Crippen molar-refractivity contribution >= 4 is 22.6 Å². The Morgan fingerprint density at radius 2 is 2.20 bits per heavy atom. The van der Waals surface area contributed by atoms with Gasteiger partial charge in [0.25, 0.3) is 5.69 Å². The second-order valence-corrected chi connectivity index (χ2v) is 3.78. The molecule has 0 saturated heterocycles. The molecule has 0 aliphatic rings. The molecule has 1 N–H and O–H groups in total. The van der Waals surface area contributed by atoms with Crippen molar-refractivity contribution in [1.82, 2.24) is 4.98 Å². The number of nitro groups is 1. The number of fused-ring (bicyclic) bond motifs is 1. The molecule has 0 saturated carbocycles. The van der Waals surface area contributed by atoms with Crippen molar-refractivity contribution in [2.75, 3.05) is 7.11 Å². The highest BCUT2D eigenvalue weighted by Crippen LogP contribution is 2.32. The fraction of sp³-hybridized carbons (Fsp3) is 0.0833. The van der Waals surface area contributed by atoms with E-state index in [1.54, 1.807) is 6.07 Å². The lowest BCUT2D eigenvalue weighted by Crippen LogP contribution is -2.05. The minimum atomic E-state index is -0.833. The summed E-state index contributed by atoms with van der Waals surface area (Å²) in [6, 6.07) is 5.06. The van der Waals surface area contributed by atoms with Gasteiger partial charge in [0, 0.05) is 12.1 Å². The minimum absolute atomic E-state index is 0.00659. The van der Waals surface area contributed by atoms with Crippen molar-refractivity contribution in [1.29, 1.82) is 5.26 Å². The molecule has 1 heterocycles. The highest BCUT2D eigenvalue weighted by molar-refractivity contribution is 5.97. The first-order valence-electron chi connectivity index (χ1n) is 5.28. The van der Waals surface area contributed by atoms with E-state index in [0.29, 0.717) is 0 Å². The standard InChI is InChI=1S/C12H7N3O5/c1-20-12(17)8-4-10(16)7-2-6(5-13)3-9(15(18)19)11(7)14-8/h2-4H,1H3,(H,14,16). The predicted molar refractivity (Wildman–Crippen MR) is 66.1 cm³/mol. The van der Waals surface area contributed by atoms with Gasteiger partial charge in [-0.25, -0.2) is 9.78 Å². The number of nitrogens with zero attached hydrogens (tertiary/aromatic N) is 3. The molecule has 0 fully saturated rings. The molecule has 0 spiro atoms. The topological polar surface area (TPSA) is 126 Å². The lowest BCUT2D eigenvalue weighted by Gasteiger charge is -2.05. The number of ether oxygens (including phenoxy) is 1. The van der Waals surface area contributed by atoms with Crippen LogP contribution in [-0.2, 0) is 4.74 Å². The number of hydrogen-bond donors (Lipinski definition) is 1. The summed E-state index contributed by atoms with van der Waals surface area (Å²) in [5, 5.41) is 29.7. The highest BCUT2D eigenvalue weighted by atomic mass is 16.6. The molecule has 8 nitrogen and oxygen atoms in total. The van der Waals surface area contributed by atoms with Crippen LogP contribution >= 0.6 is 0 Å². The summed E-state index contributed by atoms with van der Waals surface area (Å²) in [5.41, 5.74) is -0.910. The first-order valence-corrected chi connectivity index (χ1v) is 5.28. The van der Waals surface area contributed by atoms with E-state index in [2.05, 4.69) is 9.72 Å². The van der Waals surface area contributed by atoms with Crippen molar-refractivity contribution in [2.45, 2.75) is 0 Å². The smallest absolute Gasteiger partial charge is 0.356 e. The van der Waals surface area contributed by atoms with Crippen LogP contribution < -0.4 is 0 Å². The summed E-state index contributed by atoms with van der Waals surface area (Å²) in [6.45, 7) is 0. The number of pyridine rings is 1. The molecule has 2 rings (SSSR count). The Labute approximate surface area is 112 Å². The fourth-order valence-corrected chi connectivity index (χ4v) is 1.70. The maximum atomic E-state index is 11.4. The lowest BCUT2D eigenvalue weighted by molar-refractivity contribution is -0.383. The Morgan fingerprint density at radius 3 is 2.75 bits per heavy atom. The van der Waals surface area contributed by atoms with Gasteiger partial charge in [0.15, 0.2) is 11.2 Å². The molecule has 0 radical (unpaired) electrons. The van der Waals surface area contributed by atoms with E-state index >= 15 is 0 Å². The molecular weight excluding hydrogens is 266 g/mol. The van der Waals surface area contributed by atoms with Gasteiger partial charge < -0.3 is 9.84 Å². The van der Waals surface area contributed by atoms with Gasteiger partial charge in [-0.05, 0) is 6.07 Å². The van der Waals surface area contributed by atoms with Gasteiger partial charge in [0.2, 0.25) is 0 Å². The van der Waals surface area contributed by atoms with Crippen molar-refractivity contribution in [3.63, 3.8) is 0 Å². The second kappa shape index (κ2) is 4.81. The summed E-state index contributed by atoms with van der Waals surface area (Å²) in [5.74, 6) is -1.23. The molecule has 1 aromatic carbocycles. The normalized spacial score (nSPS) is 10.0. The number of nitriles is 1. The van der Waals surface area contributed by atoms with Gasteiger partial charge in [-0.1, -0.05) is 0 Å². The van der Waals surface area contributed by atoms with Gasteiger partial charge in [0.05, 0.1) is 29.1 Å². The third kappa shape index (κ3) is 2.08. The maximum Gasteiger partial charge on any atom is 0.356 e. The van der Waals surface area contributed by atoms with Crippen molar-refractivity contribution in [3.05, 3.63) is 39.6 Å². The van der Waals surface area contributed by atoms with Crippen LogP contribution in [0.5, 0.6) is 5.75 Å². The molecule has 0 aliphatic carbocycles. The fourth-order valence-electron chi connectivity index (χ4n) is 1.70. The van der Waals surface area contributed by atoms with Crippen LogP contribution in [-0.4, -0.2) is 28.1 Å². The number of nitro benzene ring substituents is 1. The van der Waals surface area contributed by atoms with Gasteiger partial charge in [0.1, 0.15) is 5.75 Å². The van der Waals surface area contributed by atoms with E-state index in [1.807, 2.05) is 0 Å². The molecule has 0 amide bonds. The maximum absolute atomic E-state index is 11.4. The summed E-state index contributed by atoms with van der Waals surface area (Å²) in [7, 11) is 1.12. The monoisotopic (exact) mass is 273 g/mol. The number of carbonyl (C=O) groups is 1. The summed E-state index contributed by atoms with van der Waals surface area (Å²) >= 11 is 0. The number of carbonyl (C=O) groups excluding carboxylic acids is 1. The molecular formula is C12H7N3O5. The Hall–Kier alpha value is -3.21. The minimum Gasteiger partial charge on any atom is -0.507 e. The molecule has 0 unspecified atom stereocenters. The number of benzene rings is 1. The van der Waals surface area contributed by atoms with Gasteiger partial charge in [-0.2, -0.15) is 5.26 Å². The van der Waals surface area contributed by atoms with Crippen LogP contribution in [0.25, 0.3) is 10.9 Å². The van der Waals surface area contributed by atoms with Crippen LogP contribution in [0.3, 0.4) is 0 Å². The van der Waals surface area contributed by atoms with E-state index < -0.39 is 22.3 Å². The zero-order valence-electron chi connectivity index (χ0n) is 10.2. The van der Waals surface area contributed by atoms with Crippen molar-refractivity contribution < 1.29 is 19.6 Å². The first kappa shape index (κ1) is 13.2. The zero-order chi connectivity index (χ0) is 14.9. The number of methoxy groups -OCH3 is 1. The van der Waals surface area contributed by atoms with Crippen LogP contribution in [0.1, 0.15) is 16.1 Å². The molecule has 0 aliphatic heterocycles. The molecule has 0 atom stereocenters. The summed E-state index contributed by atoms with van der Waals surface area (Å²) < 4.78 is 4.45. The number of esters is 1. The SMILES string of the molecule is COC(=O)c1cc(O)c2cc(C#N)cc([N+](=O)[O-])c2n1. The zero-order valence-corrected chi connectivity index (χ0v) is 10.2. The van der Waals surface area contributed by atoms with Gasteiger partial charge in [-0.15, -0.1) is 0 Å². The highest BCUT2D eigenvalue weighted by Gasteiger charge is 2.21. The molecule has 8 heteroatoms. The Bertz CT molecular complexity index is 779. The van der Waals surface area contributed by atoms with Gasteiger partial charge >= 0.3 is 5.97 Å². The third-order valence-electron chi connectivity index (χ3n) is 2.59. The Balaban J connectivity index is 2.88. The molecule has 1 aromatic heterocycles. The van der Waals surface area contributed by atoms with Gasteiger partial charge in [-0.3, -0.25) is 10.1 Å². The van der Waals surface area contributed by atoms with Crippen molar-refractivity contribution in [3.8, 4) is 11.8 Å². The van der Waals surface area contributed by atoms with E-state index in [9.17, 15) is 20.0 Å². The van der Waals surface area contributed by atoms with Crippen LogP contribution in [0, 0.1) is 21.4 Å². The third-order valence-corrected chi connectivity index (χ3v) is 2.59. The largest absolute Gasteiger partial charge is 0.507 e. The first-order chi connectivity index (χ1) is 9.47. The van der Waals surface area contributed by atoms with E-state index in [0.717, 1.165) is 19.2 Å². The molecule has 2 aromatic rings. The molecule has 20 heavy (non-hydrogen) atoms. The quantitative estimate of drug-likeness (QED) is 0.499. The number of aromatic hydroxyl groups is 1. The van der Waals surface area contributed by atoms with Crippen LogP contribution in [0.2, 0.25) is 0 Å². The number of non-ortho nitro benzene ring substituents is 1. The summed E-state index contributed by atoms with van der Waals surface area (Å²) in [4.78, 5) is 25.5. The average molecular weight is 273 g/mol. The van der Waals surface area contributed by atoms with E-state index in [4.69, 9.17) is 5.26 Å². The Morgan fingerprint density at radius 1 is 1.50 bits per heavy atom. The summed E-state index contributed by atoms with van der Waals surface area (Å²) in [6.07, 6.45) is 0. The van der Waals surface area contributed by atoms with E-state index in [1.165, 1.54) is 6.07 Å². The van der Waals surface area contributed by atoms with Crippen LogP contribution in [0.15, 0.2) is 18.2 Å². The number of aromatic nitrogens is 1. The van der Waals surface area contributed by atoms with Crippen LogP contribution in [0.4, 0.5) is 5.69 Å². The van der Waals surface area contributed by atoms with Crippen molar-refractivity contribution in [2.24, 2.45) is 0 Å². The second-order valence-electron chi connectivity index (χ2n) is 3.78. The average Bonchev–Trinajstić information content (AvgIpc) is 2.45.